The van der Waals surface area contributed by atoms with Gasteiger partial charge in [0, 0.05) is 24.8 Å². The van der Waals surface area contributed by atoms with Crippen LogP contribution in [0.5, 0.6) is 0 Å². The highest BCUT2D eigenvalue weighted by Crippen LogP contribution is 2.34. The summed E-state index contributed by atoms with van der Waals surface area (Å²) in [6.07, 6.45) is 2.55. The van der Waals surface area contributed by atoms with Gasteiger partial charge in [0.1, 0.15) is 0 Å². The van der Waals surface area contributed by atoms with Crippen LogP contribution in [0.1, 0.15) is 24.5 Å². The molecule has 2 aliphatic heterocycles. The molecule has 0 amide bonds. The molecule has 1 saturated heterocycles. The Labute approximate surface area is 104 Å². The summed E-state index contributed by atoms with van der Waals surface area (Å²) in [6.45, 7) is 9.41. The zero-order chi connectivity index (χ0) is 11.8. The Kier molecular flexibility index (Phi) is 2.83. The van der Waals surface area contributed by atoms with E-state index in [-0.39, 0.29) is 0 Å². The molecule has 1 fully saturated rings. The van der Waals surface area contributed by atoms with Crippen LogP contribution in [0, 0.1) is 6.92 Å². The minimum Gasteiger partial charge on any atom is -0.367 e. The lowest BCUT2D eigenvalue weighted by Crippen LogP contribution is -2.38. The van der Waals surface area contributed by atoms with Gasteiger partial charge in [0.2, 0.25) is 0 Å². The number of anilines is 1. The minimum absolute atomic E-state index is 0.717. The highest BCUT2D eigenvalue weighted by molar-refractivity contribution is 5.60. The zero-order valence-corrected chi connectivity index (χ0v) is 10.9. The predicted molar refractivity (Wildman–Crippen MR) is 72.7 cm³/mol. The minimum atomic E-state index is 0.717. The van der Waals surface area contributed by atoms with E-state index in [9.17, 15) is 0 Å². The number of hydrogen-bond acceptors (Lipinski definition) is 2. The van der Waals surface area contributed by atoms with E-state index in [0.29, 0.717) is 6.04 Å². The fourth-order valence-corrected chi connectivity index (χ4v) is 3.33. The number of benzene rings is 1. The Morgan fingerprint density at radius 1 is 1.29 bits per heavy atom. The SMILES string of the molecule is CCN1CCCN2c3ccc(C)cc3CC2C1. The van der Waals surface area contributed by atoms with E-state index >= 15 is 0 Å². The van der Waals surface area contributed by atoms with E-state index in [1.807, 2.05) is 0 Å². The molecule has 2 heteroatoms. The molecule has 2 nitrogen and oxygen atoms in total. The van der Waals surface area contributed by atoms with Gasteiger partial charge in [-0.25, -0.2) is 0 Å². The van der Waals surface area contributed by atoms with Gasteiger partial charge < -0.3 is 9.80 Å². The third-order valence-corrected chi connectivity index (χ3v) is 4.23. The second-order valence-electron chi connectivity index (χ2n) is 5.43. The van der Waals surface area contributed by atoms with Crippen LogP contribution in [0.4, 0.5) is 5.69 Å². The van der Waals surface area contributed by atoms with Crippen LogP contribution in [0.3, 0.4) is 0 Å². The fourth-order valence-electron chi connectivity index (χ4n) is 3.33. The molecule has 0 aliphatic carbocycles. The number of nitrogens with zero attached hydrogens (tertiary/aromatic N) is 2. The van der Waals surface area contributed by atoms with E-state index in [1.54, 1.807) is 5.56 Å². The number of aryl methyl sites for hydroxylation is 1. The van der Waals surface area contributed by atoms with E-state index in [4.69, 9.17) is 0 Å². The summed E-state index contributed by atoms with van der Waals surface area (Å²) < 4.78 is 0. The van der Waals surface area contributed by atoms with E-state index in [1.165, 1.54) is 50.3 Å². The Morgan fingerprint density at radius 3 is 3.00 bits per heavy atom. The van der Waals surface area contributed by atoms with Crippen molar-refractivity contribution in [3.05, 3.63) is 29.3 Å². The first-order valence-corrected chi connectivity index (χ1v) is 6.86. The van der Waals surface area contributed by atoms with Crippen LogP contribution >= 0.6 is 0 Å². The predicted octanol–water partition coefficient (Wildman–Crippen LogP) is 2.45. The Hall–Kier alpha value is -1.02. The topological polar surface area (TPSA) is 6.48 Å². The molecule has 0 N–H and O–H groups in total. The maximum atomic E-state index is 2.64. The number of hydrogen-bond donors (Lipinski definition) is 0. The summed E-state index contributed by atoms with van der Waals surface area (Å²) in [5.41, 5.74) is 4.46. The smallest absolute Gasteiger partial charge is 0.0458 e. The van der Waals surface area contributed by atoms with Crippen molar-refractivity contribution >= 4 is 5.69 Å². The Morgan fingerprint density at radius 2 is 2.18 bits per heavy atom. The summed E-state index contributed by atoms with van der Waals surface area (Å²) in [5.74, 6) is 0. The van der Waals surface area contributed by atoms with Crippen LogP contribution in [-0.2, 0) is 6.42 Å². The lowest BCUT2D eigenvalue weighted by molar-refractivity contribution is 0.288. The van der Waals surface area contributed by atoms with Gasteiger partial charge in [-0.2, -0.15) is 0 Å². The second-order valence-corrected chi connectivity index (χ2v) is 5.43. The third-order valence-electron chi connectivity index (χ3n) is 4.23. The highest BCUT2D eigenvalue weighted by atomic mass is 15.3. The number of likely N-dealkylation sites (N-methyl/N-ethyl adjacent to an activating group) is 1. The summed E-state index contributed by atoms with van der Waals surface area (Å²) >= 11 is 0. The first-order chi connectivity index (χ1) is 8.28. The van der Waals surface area contributed by atoms with Crippen molar-refractivity contribution in [1.82, 2.24) is 4.90 Å². The van der Waals surface area contributed by atoms with Crippen LogP contribution in [0.25, 0.3) is 0 Å². The summed E-state index contributed by atoms with van der Waals surface area (Å²) in [5, 5.41) is 0. The summed E-state index contributed by atoms with van der Waals surface area (Å²) in [7, 11) is 0. The summed E-state index contributed by atoms with van der Waals surface area (Å²) in [6, 6.07) is 7.67. The van der Waals surface area contributed by atoms with Crippen molar-refractivity contribution in [2.45, 2.75) is 32.7 Å². The van der Waals surface area contributed by atoms with E-state index in [2.05, 4.69) is 41.8 Å². The van der Waals surface area contributed by atoms with Crippen LogP contribution in [0.2, 0.25) is 0 Å². The molecule has 2 aliphatic rings. The van der Waals surface area contributed by atoms with Gasteiger partial charge in [-0.3, -0.25) is 0 Å². The molecule has 1 aromatic rings. The first kappa shape index (κ1) is 11.1. The van der Waals surface area contributed by atoms with Crippen molar-refractivity contribution in [3.63, 3.8) is 0 Å². The molecule has 0 saturated carbocycles. The number of rotatable bonds is 1. The largest absolute Gasteiger partial charge is 0.367 e. The van der Waals surface area contributed by atoms with Crippen LogP contribution < -0.4 is 4.90 Å². The fraction of sp³-hybridized carbons (Fsp3) is 0.600. The van der Waals surface area contributed by atoms with Crippen molar-refractivity contribution in [3.8, 4) is 0 Å². The molecule has 0 bridgehead atoms. The van der Waals surface area contributed by atoms with Gasteiger partial charge in [-0.15, -0.1) is 0 Å². The molecular formula is C15H22N2. The molecule has 2 heterocycles. The van der Waals surface area contributed by atoms with Gasteiger partial charge in [-0.1, -0.05) is 24.6 Å². The molecule has 17 heavy (non-hydrogen) atoms. The maximum absolute atomic E-state index is 2.64. The summed E-state index contributed by atoms with van der Waals surface area (Å²) in [4.78, 5) is 5.24. The molecule has 3 rings (SSSR count). The molecule has 1 unspecified atom stereocenters. The average Bonchev–Trinajstić information content (AvgIpc) is 2.53. The Bertz CT molecular complexity index is 413. The third kappa shape index (κ3) is 1.95. The quantitative estimate of drug-likeness (QED) is 0.731. The lowest BCUT2D eigenvalue weighted by Gasteiger charge is -2.26. The average molecular weight is 230 g/mol. The van der Waals surface area contributed by atoms with Crippen molar-refractivity contribution < 1.29 is 0 Å². The molecule has 1 atom stereocenters. The molecule has 0 spiro atoms. The van der Waals surface area contributed by atoms with Crippen molar-refractivity contribution in [2.75, 3.05) is 31.1 Å². The van der Waals surface area contributed by atoms with Crippen LogP contribution in [-0.4, -0.2) is 37.1 Å². The van der Waals surface area contributed by atoms with Gasteiger partial charge in [0.25, 0.3) is 0 Å². The normalized spacial score (nSPS) is 24.4. The van der Waals surface area contributed by atoms with Gasteiger partial charge in [-0.05, 0) is 44.5 Å². The number of fused-ring (bicyclic) bond motifs is 3. The van der Waals surface area contributed by atoms with Gasteiger partial charge in [0.05, 0.1) is 0 Å². The molecule has 1 aromatic carbocycles. The molecule has 0 radical (unpaired) electrons. The molecular weight excluding hydrogens is 208 g/mol. The standard InChI is InChI=1S/C15H22N2/c1-3-16-7-4-8-17-14(11-16)10-13-9-12(2)5-6-15(13)17/h5-6,9,14H,3-4,7-8,10-11H2,1-2H3. The molecule has 0 aromatic heterocycles. The highest BCUT2D eigenvalue weighted by Gasteiger charge is 2.31. The second kappa shape index (κ2) is 4.34. The first-order valence-electron chi connectivity index (χ1n) is 6.86. The van der Waals surface area contributed by atoms with Crippen molar-refractivity contribution in [2.24, 2.45) is 0 Å². The molecule has 92 valence electrons. The lowest BCUT2D eigenvalue weighted by atomic mass is 10.1. The van der Waals surface area contributed by atoms with E-state index < -0.39 is 0 Å². The van der Waals surface area contributed by atoms with Gasteiger partial charge in [0.15, 0.2) is 0 Å². The van der Waals surface area contributed by atoms with Crippen LogP contribution in [0.15, 0.2) is 18.2 Å². The maximum Gasteiger partial charge on any atom is 0.0458 e. The zero-order valence-electron chi connectivity index (χ0n) is 10.9. The monoisotopic (exact) mass is 230 g/mol. The van der Waals surface area contributed by atoms with E-state index in [0.717, 1.165) is 0 Å². The van der Waals surface area contributed by atoms with Crippen molar-refractivity contribution in [1.29, 1.82) is 0 Å². The van der Waals surface area contributed by atoms with Gasteiger partial charge >= 0.3 is 0 Å². The Balaban J connectivity index is 1.88.